The minimum atomic E-state index is -0.597. The first-order chi connectivity index (χ1) is 10.3. The summed E-state index contributed by atoms with van der Waals surface area (Å²) < 4.78 is 0. The fraction of sp³-hybridized carbons (Fsp3) is 0.188. The van der Waals surface area contributed by atoms with Gasteiger partial charge in [0.2, 0.25) is 0 Å². The molecule has 1 N–H and O–H groups in total. The van der Waals surface area contributed by atoms with Gasteiger partial charge < -0.3 is 5.32 Å². The molecule has 0 saturated carbocycles. The van der Waals surface area contributed by atoms with E-state index < -0.39 is 10.8 Å². The number of hydrogen-bond donors (Lipinski definition) is 1. The van der Waals surface area contributed by atoms with Gasteiger partial charge in [-0.05, 0) is 44.0 Å². The second-order valence-corrected chi connectivity index (χ2v) is 5.58. The maximum atomic E-state index is 12.4. The van der Waals surface area contributed by atoms with Crippen LogP contribution in [0.4, 0.5) is 11.4 Å². The summed E-state index contributed by atoms with van der Waals surface area (Å²) in [6.45, 7) is 5.72. The van der Waals surface area contributed by atoms with Gasteiger partial charge in [0.05, 0.1) is 4.92 Å². The molecule has 0 aliphatic rings. The smallest absolute Gasteiger partial charge is 0.282 e. The zero-order valence-electron chi connectivity index (χ0n) is 12.4. The summed E-state index contributed by atoms with van der Waals surface area (Å²) in [6, 6.07) is 7.79. The Labute approximate surface area is 133 Å². The molecule has 22 heavy (non-hydrogen) atoms. The third-order valence-corrected chi connectivity index (χ3v) is 3.55. The lowest BCUT2D eigenvalue weighted by molar-refractivity contribution is -0.385. The lowest BCUT2D eigenvalue weighted by Gasteiger charge is -2.13. The number of halogens is 1. The molecule has 0 aliphatic carbocycles. The SMILES string of the molecule is Cc1cc(C)c(NC(=O)c2cc(Cl)ccc2[N+](=O)[O-])c(C)c1. The third-order valence-electron chi connectivity index (χ3n) is 3.32. The van der Waals surface area contributed by atoms with Crippen LogP contribution in [-0.4, -0.2) is 10.8 Å². The molecule has 0 aliphatic heterocycles. The Morgan fingerprint density at radius 1 is 1.14 bits per heavy atom. The van der Waals surface area contributed by atoms with Crippen molar-refractivity contribution in [2.75, 3.05) is 5.32 Å². The van der Waals surface area contributed by atoms with Crippen molar-refractivity contribution in [1.29, 1.82) is 0 Å². The molecule has 1 amide bonds. The van der Waals surface area contributed by atoms with E-state index in [9.17, 15) is 14.9 Å². The van der Waals surface area contributed by atoms with Crippen molar-refractivity contribution >= 4 is 28.9 Å². The topological polar surface area (TPSA) is 72.2 Å². The van der Waals surface area contributed by atoms with Crippen LogP contribution in [0, 0.1) is 30.9 Å². The van der Waals surface area contributed by atoms with E-state index in [1.165, 1.54) is 18.2 Å². The maximum absolute atomic E-state index is 12.4. The van der Waals surface area contributed by atoms with E-state index in [0.717, 1.165) is 16.7 Å². The summed E-state index contributed by atoms with van der Waals surface area (Å²) >= 11 is 5.85. The van der Waals surface area contributed by atoms with Crippen LogP contribution in [0.3, 0.4) is 0 Å². The van der Waals surface area contributed by atoms with E-state index >= 15 is 0 Å². The summed E-state index contributed by atoms with van der Waals surface area (Å²) in [7, 11) is 0. The highest BCUT2D eigenvalue weighted by Crippen LogP contribution is 2.26. The lowest BCUT2D eigenvalue weighted by Crippen LogP contribution is -2.15. The first-order valence-corrected chi connectivity index (χ1v) is 7.00. The van der Waals surface area contributed by atoms with Crippen molar-refractivity contribution in [1.82, 2.24) is 0 Å². The number of carbonyl (C=O) groups excluding carboxylic acids is 1. The van der Waals surface area contributed by atoms with Crippen LogP contribution in [0.15, 0.2) is 30.3 Å². The first kappa shape index (κ1) is 16.0. The van der Waals surface area contributed by atoms with E-state index in [2.05, 4.69) is 5.32 Å². The number of rotatable bonds is 3. The molecule has 2 aromatic rings. The lowest BCUT2D eigenvalue weighted by atomic mass is 10.0. The predicted octanol–water partition coefficient (Wildman–Crippen LogP) is 4.43. The Hall–Kier alpha value is -2.40. The summed E-state index contributed by atoms with van der Waals surface area (Å²) in [5.74, 6) is -0.552. The summed E-state index contributed by atoms with van der Waals surface area (Å²) in [5, 5.41) is 14.1. The predicted molar refractivity (Wildman–Crippen MR) is 86.7 cm³/mol. The molecule has 0 radical (unpaired) electrons. The van der Waals surface area contributed by atoms with Crippen LogP contribution in [-0.2, 0) is 0 Å². The Morgan fingerprint density at radius 2 is 1.73 bits per heavy atom. The van der Waals surface area contributed by atoms with E-state index in [1.807, 2.05) is 32.9 Å². The monoisotopic (exact) mass is 318 g/mol. The number of nitrogens with zero attached hydrogens (tertiary/aromatic N) is 1. The van der Waals surface area contributed by atoms with Crippen LogP contribution >= 0.6 is 11.6 Å². The van der Waals surface area contributed by atoms with Crippen molar-refractivity contribution in [2.45, 2.75) is 20.8 Å². The summed E-state index contributed by atoms with van der Waals surface area (Å²) in [6.07, 6.45) is 0. The number of hydrogen-bond acceptors (Lipinski definition) is 3. The van der Waals surface area contributed by atoms with Crippen molar-refractivity contribution < 1.29 is 9.72 Å². The van der Waals surface area contributed by atoms with Gasteiger partial charge in [0.25, 0.3) is 11.6 Å². The number of nitrogens with one attached hydrogen (secondary N) is 1. The fourth-order valence-electron chi connectivity index (χ4n) is 2.41. The molecule has 0 unspecified atom stereocenters. The number of amides is 1. The average Bonchev–Trinajstić information content (AvgIpc) is 2.42. The molecule has 0 aromatic heterocycles. The van der Waals surface area contributed by atoms with Crippen LogP contribution in [0.25, 0.3) is 0 Å². The molecule has 0 spiro atoms. The van der Waals surface area contributed by atoms with Crippen LogP contribution < -0.4 is 5.32 Å². The molecular formula is C16H15ClN2O3. The summed E-state index contributed by atoms with van der Waals surface area (Å²) in [4.78, 5) is 22.9. The highest BCUT2D eigenvalue weighted by Gasteiger charge is 2.21. The highest BCUT2D eigenvalue weighted by atomic mass is 35.5. The molecule has 0 fully saturated rings. The number of nitro benzene ring substituents is 1. The van der Waals surface area contributed by atoms with Gasteiger partial charge in [-0.2, -0.15) is 0 Å². The van der Waals surface area contributed by atoms with E-state index in [1.54, 1.807) is 0 Å². The van der Waals surface area contributed by atoms with E-state index in [0.29, 0.717) is 5.69 Å². The largest absolute Gasteiger partial charge is 0.321 e. The number of anilines is 1. The Balaban J connectivity index is 2.42. The Morgan fingerprint density at radius 3 is 2.27 bits per heavy atom. The van der Waals surface area contributed by atoms with Gasteiger partial charge in [0, 0.05) is 16.8 Å². The van der Waals surface area contributed by atoms with Gasteiger partial charge in [-0.25, -0.2) is 0 Å². The quantitative estimate of drug-likeness (QED) is 0.672. The standard InChI is InChI=1S/C16H15ClN2O3/c1-9-6-10(2)15(11(3)7-9)18-16(20)13-8-12(17)4-5-14(13)19(21)22/h4-8H,1-3H3,(H,18,20). The van der Waals surface area contributed by atoms with Crippen molar-refractivity contribution in [3.05, 3.63) is 67.7 Å². The molecule has 0 heterocycles. The number of carbonyl (C=O) groups is 1. The van der Waals surface area contributed by atoms with Gasteiger partial charge in [-0.15, -0.1) is 0 Å². The number of benzene rings is 2. The molecule has 2 aromatic carbocycles. The first-order valence-electron chi connectivity index (χ1n) is 6.62. The molecule has 2 rings (SSSR count). The Kier molecular flexibility index (Phi) is 4.47. The van der Waals surface area contributed by atoms with Crippen LogP contribution in [0.1, 0.15) is 27.0 Å². The number of aryl methyl sites for hydroxylation is 3. The van der Waals surface area contributed by atoms with Crippen molar-refractivity contribution in [3.63, 3.8) is 0 Å². The zero-order valence-corrected chi connectivity index (χ0v) is 13.2. The van der Waals surface area contributed by atoms with Crippen LogP contribution in [0.5, 0.6) is 0 Å². The van der Waals surface area contributed by atoms with Crippen molar-refractivity contribution in [2.24, 2.45) is 0 Å². The third kappa shape index (κ3) is 3.26. The normalized spacial score (nSPS) is 10.4. The van der Waals surface area contributed by atoms with Gasteiger partial charge in [-0.1, -0.05) is 29.3 Å². The second kappa shape index (κ2) is 6.15. The molecule has 0 saturated heterocycles. The van der Waals surface area contributed by atoms with E-state index in [4.69, 9.17) is 11.6 Å². The Bertz CT molecular complexity index is 749. The minimum Gasteiger partial charge on any atom is -0.321 e. The average molecular weight is 319 g/mol. The molecular weight excluding hydrogens is 304 g/mol. The zero-order chi connectivity index (χ0) is 16.4. The molecule has 114 valence electrons. The van der Waals surface area contributed by atoms with Gasteiger partial charge >= 0.3 is 0 Å². The van der Waals surface area contributed by atoms with Crippen molar-refractivity contribution in [3.8, 4) is 0 Å². The maximum Gasteiger partial charge on any atom is 0.282 e. The van der Waals surface area contributed by atoms with Gasteiger partial charge in [-0.3, -0.25) is 14.9 Å². The van der Waals surface area contributed by atoms with E-state index in [-0.39, 0.29) is 16.3 Å². The van der Waals surface area contributed by atoms with Gasteiger partial charge in [0.15, 0.2) is 0 Å². The molecule has 0 bridgehead atoms. The second-order valence-electron chi connectivity index (χ2n) is 5.15. The molecule has 0 atom stereocenters. The van der Waals surface area contributed by atoms with Crippen LogP contribution in [0.2, 0.25) is 5.02 Å². The highest BCUT2D eigenvalue weighted by molar-refractivity contribution is 6.31. The fourth-order valence-corrected chi connectivity index (χ4v) is 2.58. The number of nitro groups is 1. The van der Waals surface area contributed by atoms with Gasteiger partial charge in [0.1, 0.15) is 5.56 Å². The summed E-state index contributed by atoms with van der Waals surface area (Å²) in [5.41, 5.74) is 3.21. The molecule has 5 nitrogen and oxygen atoms in total. The minimum absolute atomic E-state index is 0.0584. The molecule has 6 heteroatoms.